The van der Waals surface area contributed by atoms with E-state index in [2.05, 4.69) is 0 Å². The number of oxazole rings is 1. The molecule has 0 aliphatic rings. The van der Waals surface area contributed by atoms with Gasteiger partial charge in [-0.05, 0) is 23.8 Å². The monoisotopic (exact) mass is 357 g/mol. The molecule has 1 heterocycles. The Hall–Kier alpha value is -3.73. The van der Waals surface area contributed by atoms with E-state index in [1.807, 2.05) is 36.4 Å². The fraction of sp³-hybridized carbons (Fsp3) is 0.0455. The molecule has 27 heavy (non-hydrogen) atoms. The van der Waals surface area contributed by atoms with E-state index in [1.165, 1.54) is 6.07 Å². The lowest BCUT2D eigenvalue weighted by molar-refractivity contribution is 0.0910. The summed E-state index contributed by atoms with van der Waals surface area (Å²) >= 11 is 0. The number of ketones is 1. The van der Waals surface area contributed by atoms with Gasteiger partial charge in [0.05, 0.1) is 11.9 Å². The predicted octanol–water partition coefficient (Wildman–Crippen LogP) is 3.71. The molecule has 132 valence electrons. The number of nitrogens with zero attached hydrogens (tertiary/aromatic N) is 1. The lowest BCUT2D eigenvalue weighted by atomic mass is 10.0. The summed E-state index contributed by atoms with van der Waals surface area (Å²) < 4.78 is 6.23. The predicted molar refractivity (Wildman–Crippen MR) is 101 cm³/mol. The maximum atomic E-state index is 12.6. The zero-order chi connectivity index (χ0) is 18.8. The molecule has 3 aromatic carbocycles. The molecule has 0 saturated carbocycles. The number of carbonyl (C=O) groups excluding carboxylic acids is 2. The summed E-state index contributed by atoms with van der Waals surface area (Å²) in [5, 5.41) is 0. The van der Waals surface area contributed by atoms with Crippen LogP contribution in [0, 0.1) is 0 Å². The van der Waals surface area contributed by atoms with Gasteiger partial charge in [-0.25, -0.2) is 9.36 Å². The van der Waals surface area contributed by atoms with E-state index >= 15 is 0 Å². The Morgan fingerprint density at radius 2 is 1.48 bits per heavy atom. The summed E-state index contributed by atoms with van der Waals surface area (Å²) in [5.74, 6) is -1.31. The first kappa shape index (κ1) is 16.7. The molecule has 0 radical (unpaired) electrons. The second kappa shape index (κ2) is 6.88. The fourth-order valence-electron chi connectivity index (χ4n) is 3.00. The van der Waals surface area contributed by atoms with E-state index in [0.717, 1.165) is 10.1 Å². The molecule has 0 spiro atoms. The van der Waals surface area contributed by atoms with Crippen molar-refractivity contribution in [3.05, 3.63) is 106 Å². The van der Waals surface area contributed by atoms with Crippen LogP contribution in [0.2, 0.25) is 0 Å². The van der Waals surface area contributed by atoms with Gasteiger partial charge in [-0.15, -0.1) is 0 Å². The van der Waals surface area contributed by atoms with Gasteiger partial charge in [0.15, 0.2) is 11.4 Å². The van der Waals surface area contributed by atoms with Crippen LogP contribution >= 0.6 is 0 Å². The average Bonchev–Trinajstić information content (AvgIpc) is 3.03. The topological polar surface area (TPSA) is 69.3 Å². The zero-order valence-corrected chi connectivity index (χ0v) is 14.3. The fourth-order valence-corrected chi connectivity index (χ4v) is 3.00. The molecule has 0 saturated heterocycles. The summed E-state index contributed by atoms with van der Waals surface area (Å²) in [4.78, 5) is 37.4. The number of fused-ring (bicyclic) bond motifs is 1. The van der Waals surface area contributed by atoms with Gasteiger partial charge in [0.2, 0.25) is 5.91 Å². The third kappa shape index (κ3) is 3.22. The molecule has 0 bridgehead atoms. The van der Waals surface area contributed by atoms with Gasteiger partial charge in [0.25, 0.3) is 0 Å². The highest BCUT2D eigenvalue weighted by Gasteiger charge is 2.18. The van der Waals surface area contributed by atoms with E-state index in [4.69, 9.17) is 4.42 Å². The molecule has 0 aliphatic carbocycles. The van der Waals surface area contributed by atoms with Crippen molar-refractivity contribution in [1.82, 2.24) is 4.57 Å². The molecule has 0 amide bonds. The Morgan fingerprint density at radius 1 is 0.815 bits per heavy atom. The molecular formula is C22H15NO4. The van der Waals surface area contributed by atoms with Gasteiger partial charge in [0, 0.05) is 11.1 Å². The lowest BCUT2D eigenvalue weighted by Gasteiger charge is -2.03. The highest BCUT2D eigenvalue weighted by Crippen LogP contribution is 2.18. The first-order valence-corrected chi connectivity index (χ1v) is 8.46. The molecular weight excluding hydrogens is 342 g/mol. The van der Waals surface area contributed by atoms with Crippen LogP contribution in [0.25, 0.3) is 11.1 Å². The summed E-state index contributed by atoms with van der Waals surface area (Å²) in [6.45, 7) is 0. The van der Waals surface area contributed by atoms with Crippen molar-refractivity contribution >= 4 is 22.8 Å². The average molecular weight is 357 g/mol. The maximum absolute atomic E-state index is 12.6. The summed E-state index contributed by atoms with van der Waals surface area (Å²) in [5.41, 5.74) is 2.30. The third-order valence-electron chi connectivity index (χ3n) is 4.33. The summed E-state index contributed by atoms with van der Waals surface area (Å²) in [6.07, 6.45) is 0.0834. The quantitative estimate of drug-likeness (QED) is 0.522. The Kier molecular flexibility index (Phi) is 4.26. The SMILES string of the molecule is O=C(c1ccccc1)c1ccc2c(c1)oc(=O)n2C(=O)Cc1ccccc1. The molecule has 0 aliphatic heterocycles. The number of carbonyl (C=O) groups is 2. The van der Waals surface area contributed by atoms with Gasteiger partial charge in [-0.2, -0.15) is 0 Å². The number of benzene rings is 3. The lowest BCUT2D eigenvalue weighted by Crippen LogP contribution is -2.24. The third-order valence-corrected chi connectivity index (χ3v) is 4.33. The smallest absolute Gasteiger partial charge is 0.407 e. The van der Waals surface area contributed by atoms with E-state index in [9.17, 15) is 14.4 Å². The van der Waals surface area contributed by atoms with E-state index in [0.29, 0.717) is 16.6 Å². The minimum atomic E-state index is -0.754. The molecule has 0 fully saturated rings. The first-order valence-electron chi connectivity index (χ1n) is 8.46. The van der Waals surface area contributed by atoms with Gasteiger partial charge in [-0.1, -0.05) is 60.7 Å². The number of rotatable bonds is 4. The van der Waals surface area contributed by atoms with Crippen LogP contribution in [0.4, 0.5) is 0 Å². The van der Waals surface area contributed by atoms with Crippen LogP contribution < -0.4 is 5.76 Å². The Balaban J connectivity index is 1.70. The zero-order valence-electron chi connectivity index (χ0n) is 14.3. The molecule has 5 nitrogen and oxygen atoms in total. The van der Waals surface area contributed by atoms with Crippen molar-refractivity contribution < 1.29 is 14.0 Å². The molecule has 0 N–H and O–H groups in total. The van der Waals surface area contributed by atoms with E-state index < -0.39 is 5.76 Å². The number of hydrogen-bond donors (Lipinski definition) is 0. The van der Waals surface area contributed by atoms with Crippen molar-refractivity contribution in [1.29, 1.82) is 0 Å². The van der Waals surface area contributed by atoms with Crippen molar-refractivity contribution in [2.75, 3.05) is 0 Å². The molecule has 1 aromatic heterocycles. The molecule has 0 atom stereocenters. The number of hydrogen-bond acceptors (Lipinski definition) is 4. The van der Waals surface area contributed by atoms with Crippen LogP contribution in [0.3, 0.4) is 0 Å². The van der Waals surface area contributed by atoms with Crippen LogP contribution in [-0.2, 0) is 6.42 Å². The summed E-state index contributed by atoms with van der Waals surface area (Å²) in [7, 11) is 0. The molecule has 0 unspecified atom stereocenters. The molecule has 4 rings (SSSR count). The van der Waals surface area contributed by atoms with Crippen LogP contribution in [-0.4, -0.2) is 16.3 Å². The van der Waals surface area contributed by atoms with Crippen molar-refractivity contribution in [2.24, 2.45) is 0 Å². The minimum absolute atomic E-state index is 0.0834. The Bertz CT molecular complexity index is 1190. The summed E-state index contributed by atoms with van der Waals surface area (Å²) in [6, 6.07) is 22.7. The van der Waals surface area contributed by atoms with E-state index in [1.54, 1.807) is 36.4 Å². The van der Waals surface area contributed by atoms with Crippen LogP contribution in [0.5, 0.6) is 0 Å². The highest BCUT2D eigenvalue weighted by atomic mass is 16.4. The first-order chi connectivity index (χ1) is 13.1. The van der Waals surface area contributed by atoms with Gasteiger partial charge >= 0.3 is 5.76 Å². The minimum Gasteiger partial charge on any atom is -0.407 e. The Morgan fingerprint density at radius 3 is 2.19 bits per heavy atom. The van der Waals surface area contributed by atoms with Crippen molar-refractivity contribution in [3.8, 4) is 0 Å². The van der Waals surface area contributed by atoms with Gasteiger partial charge in [-0.3, -0.25) is 9.59 Å². The van der Waals surface area contributed by atoms with Crippen LogP contribution in [0.15, 0.2) is 88.1 Å². The molecule has 4 aromatic rings. The largest absolute Gasteiger partial charge is 0.426 e. The van der Waals surface area contributed by atoms with Gasteiger partial charge < -0.3 is 4.42 Å². The Labute approximate surface area is 154 Å². The highest BCUT2D eigenvalue weighted by molar-refractivity contribution is 6.10. The normalized spacial score (nSPS) is 10.8. The second-order valence-corrected chi connectivity index (χ2v) is 6.14. The van der Waals surface area contributed by atoms with E-state index in [-0.39, 0.29) is 23.7 Å². The van der Waals surface area contributed by atoms with Gasteiger partial charge in [0.1, 0.15) is 0 Å². The van der Waals surface area contributed by atoms with Crippen LogP contribution in [0.1, 0.15) is 26.3 Å². The molecule has 5 heteroatoms. The van der Waals surface area contributed by atoms with Crippen molar-refractivity contribution in [2.45, 2.75) is 6.42 Å². The van der Waals surface area contributed by atoms with Crippen molar-refractivity contribution in [3.63, 3.8) is 0 Å². The maximum Gasteiger partial charge on any atom is 0.426 e. The standard InChI is InChI=1S/C22H15NO4/c24-20(13-15-7-3-1-4-8-15)23-18-12-11-17(14-19(18)27-22(23)26)21(25)16-9-5-2-6-10-16/h1-12,14H,13H2. The number of aromatic nitrogens is 1. The second-order valence-electron chi connectivity index (χ2n) is 6.14.